The summed E-state index contributed by atoms with van der Waals surface area (Å²) in [7, 11) is 0. The predicted octanol–water partition coefficient (Wildman–Crippen LogP) is 4.40. The number of ether oxygens (including phenoxy) is 1. The van der Waals surface area contributed by atoms with E-state index in [0.717, 1.165) is 53.8 Å². The number of hydrogen-bond acceptors (Lipinski definition) is 5. The van der Waals surface area contributed by atoms with E-state index >= 15 is 0 Å². The molecular weight excluding hydrogens is 376 g/mol. The first-order valence-electron chi connectivity index (χ1n) is 10.5. The van der Waals surface area contributed by atoms with Crippen LogP contribution in [-0.4, -0.2) is 29.2 Å². The molecule has 0 spiro atoms. The number of fused-ring (bicyclic) bond motifs is 1. The van der Waals surface area contributed by atoms with Crippen molar-refractivity contribution in [3.8, 4) is 11.6 Å². The summed E-state index contributed by atoms with van der Waals surface area (Å²) in [5.41, 5.74) is 10.4. The molecule has 0 radical (unpaired) electrons. The van der Waals surface area contributed by atoms with Gasteiger partial charge in [0.2, 0.25) is 11.8 Å². The quantitative estimate of drug-likeness (QED) is 0.749. The number of aliphatic imine (C=N–C) groups is 1. The molecular formula is C24H28N4O2. The average molecular weight is 405 g/mol. The van der Waals surface area contributed by atoms with Crippen LogP contribution < -0.4 is 15.4 Å². The SMILES string of the molecule is CC(=O)N1c2ccc(C(C=NC3CC3)=CN)c(Oc3cccc(C)n3)c2CC[C@@H]1C. The lowest BCUT2D eigenvalue weighted by atomic mass is 9.92. The van der Waals surface area contributed by atoms with E-state index in [4.69, 9.17) is 10.5 Å². The Labute approximate surface area is 177 Å². The number of anilines is 1. The number of aryl methyl sites for hydroxylation is 1. The highest BCUT2D eigenvalue weighted by molar-refractivity contribution is 6.11. The zero-order chi connectivity index (χ0) is 21.3. The standard InChI is InChI=1S/C24H28N4O2/c1-15-5-4-6-23(27-15)30-24-20(18(13-25)14-26-19-8-9-19)11-12-22-21(24)10-7-16(2)28(22)17(3)29/h4-6,11-14,16,19H,7-10,25H2,1-3H3/t16-/m0/s1. The van der Waals surface area contributed by atoms with Gasteiger partial charge in [-0.2, -0.15) is 0 Å². The van der Waals surface area contributed by atoms with Crippen LogP contribution in [0.2, 0.25) is 0 Å². The van der Waals surface area contributed by atoms with Crippen molar-refractivity contribution in [1.82, 2.24) is 4.98 Å². The monoisotopic (exact) mass is 404 g/mol. The first-order chi connectivity index (χ1) is 14.5. The fraction of sp³-hybridized carbons (Fsp3) is 0.375. The Bertz CT molecular complexity index is 1020. The fourth-order valence-corrected chi connectivity index (χ4v) is 3.92. The Balaban J connectivity index is 1.84. The number of nitrogens with zero attached hydrogens (tertiary/aromatic N) is 3. The Morgan fingerprint density at radius 3 is 2.73 bits per heavy atom. The van der Waals surface area contributed by atoms with E-state index in [9.17, 15) is 4.79 Å². The normalized spacial score (nSPS) is 19.1. The molecule has 0 bridgehead atoms. The number of carbonyl (C=O) groups excluding carboxylic acids is 1. The topological polar surface area (TPSA) is 80.8 Å². The summed E-state index contributed by atoms with van der Waals surface area (Å²) in [6.07, 6.45) is 7.34. The molecule has 2 aliphatic rings. The van der Waals surface area contributed by atoms with Gasteiger partial charge in [0.25, 0.3) is 0 Å². The summed E-state index contributed by atoms with van der Waals surface area (Å²) < 4.78 is 6.35. The minimum Gasteiger partial charge on any atom is -0.438 e. The van der Waals surface area contributed by atoms with Gasteiger partial charge >= 0.3 is 0 Å². The molecule has 156 valence electrons. The predicted molar refractivity (Wildman–Crippen MR) is 120 cm³/mol. The average Bonchev–Trinajstić information content (AvgIpc) is 3.53. The van der Waals surface area contributed by atoms with Gasteiger partial charge in [-0.25, -0.2) is 4.98 Å². The maximum atomic E-state index is 12.4. The van der Waals surface area contributed by atoms with Crippen molar-refractivity contribution in [2.75, 3.05) is 4.90 Å². The minimum atomic E-state index is 0.0284. The van der Waals surface area contributed by atoms with E-state index in [2.05, 4.69) is 16.9 Å². The second-order valence-electron chi connectivity index (χ2n) is 8.07. The van der Waals surface area contributed by atoms with Crippen LogP contribution in [0, 0.1) is 6.92 Å². The van der Waals surface area contributed by atoms with Gasteiger partial charge in [0.15, 0.2) is 0 Å². The fourth-order valence-electron chi connectivity index (χ4n) is 3.92. The highest BCUT2D eigenvalue weighted by atomic mass is 16.5. The number of rotatable bonds is 5. The summed E-state index contributed by atoms with van der Waals surface area (Å²) in [5, 5.41) is 0. The summed E-state index contributed by atoms with van der Waals surface area (Å²) in [4.78, 5) is 23.3. The highest BCUT2D eigenvalue weighted by Crippen LogP contribution is 2.42. The van der Waals surface area contributed by atoms with Crippen molar-refractivity contribution in [1.29, 1.82) is 0 Å². The molecule has 1 atom stereocenters. The summed E-state index contributed by atoms with van der Waals surface area (Å²) >= 11 is 0. The molecule has 2 N–H and O–H groups in total. The van der Waals surface area contributed by atoms with Gasteiger partial charge < -0.3 is 15.4 Å². The number of benzene rings is 1. The number of aromatic nitrogens is 1. The molecule has 1 aromatic carbocycles. The van der Waals surface area contributed by atoms with Crippen molar-refractivity contribution < 1.29 is 9.53 Å². The lowest BCUT2D eigenvalue weighted by Gasteiger charge is -2.36. The van der Waals surface area contributed by atoms with Crippen molar-refractivity contribution >= 4 is 23.4 Å². The van der Waals surface area contributed by atoms with Crippen molar-refractivity contribution in [3.05, 3.63) is 53.4 Å². The number of nitrogens with two attached hydrogens (primary N) is 1. The largest absolute Gasteiger partial charge is 0.438 e. The van der Waals surface area contributed by atoms with Gasteiger partial charge in [-0.1, -0.05) is 6.07 Å². The van der Waals surface area contributed by atoms with Crippen LogP contribution in [0.5, 0.6) is 11.6 Å². The lowest BCUT2D eigenvalue weighted by Crippen LogP contribution is -2.40. The zero-order valence-electron chi connectivity index (χ0n) is 17.8. The van der Waals surface area contributed by atoms with Crippen molar-refractivity contribution in [2.45, 2.75) is 58.5 Å². The number of allylic oxidation sites excluding steroid dienone is 1. The number of amides is 1. The molecule has 0 saturated heterocycles. The van der Waals surface area contributed by atoms with Crippen molar-refractivity contribution in [3.63, 3.8) is 0 Å². The summed E-state index contributed by atoms with van der Waals surface area (Å²) in [6.45, 7) is 5.62. The third-order valence-electron chi connectivity index (χ3n) is 5.62. The van der Waals surface area contributed by atoms with Gasteiger partial charge in [-0.3, -0.25) is 9.79 Å². The minimum absolute atomic E-state index is 0.0284. The number of hydrogen-bond donors (Lipinski definition) is 1. The molecule has 6 nitrogen and oxygen atoms in total. The van der Waals surface area contributed by atoms with Crippen LogP contribution >= 0.6 is 0 Å². The second-order valence-corrected chi connectivity index (χ2v) is 8.07. The third-order valence-corrected chi connectivity index (χ3v) is 5.62. The number of carbonyl (C=O) groups is 1. The Kier molecular flexibility index (Phi) is 5.57. The van der Waals surface area contributed by atoms with E-state index < -0.39 is 0 Å². The Hall–Kier alpha value is -3.15. The van der Waals surface area contributed by atoms with E-state index in [1.54, 1.807) is 13.1 Å². The molecule has 1 amide bonds. The van der Waals surface area contributed by atoms with Crippen LogP contribution in [0.4, 0.5) is 5.69 Å². The second kappa shape index (κ2) is 8.30. The van der Waals surface area contributed by atoms with Crippen LogP contribution in [0.25, 0.3) is 5.57 Å². The molecule has 1 aliphatic heterocycles. The first-order valence-corrected chi connectivity index (χ1v) is 10.5. The molecule has 30 heavy (non-hydrogen) atoms. The van der Waals surface area contributed by atoms with E-state index in [1.165, 1.54) is 0 Å². The maximum Gasteiger partial charge on any atom is 0.224 e. The molecule has 1 aromatic heterocycles. The van der Waals surface area contributed by atoms with E-state index in [0.29, 0.717) is 17.7 Å². The van der Waals surface area contributed by atoms with Gasteiger partial charge in [0, 0.05) is 53.8 Å². The smallest absolute Gasteiger partial charge is 0.224 e. The first kappa shape index (κ1) is 20.1. The van der Waals surface area contributed by atoms with Crippen LogP contribution in [0.15, 0.2) is 41.5 Å². The number of pyridine rings is 1. The maximum absolute atomic E-state index is 12.4. The van der Waals surface area contributed by atoms with Crippen LogP contribution in [0.3, 0.4) is 0 Å². The van der Waals surface area contributed by atoms with Crippen LogP contribution in [-0.2, 0) is 11.2 Å². The molecule has 2 aromatic rings. The lowest BCUT2D eigenvalue weighted by molar-refractivity contribution is -0.117. The summed E-state index contributed by atoms with van der Waals surface area (Å²) in [6, 6.07) is 10.2. The molecule has 0 unspecified atom stereocenters. The third kappa shape index (κ3) is 4.08. The highest BCUT2D eigenvalue weighted by Gasteiger charge is 2.30. The van der Waals surface area contributed by atoms with Gasteiger partial charge in [0.1, 0.15) is 5.75 Å². The molecule has 1 aliphatic carbocycles. The Morgan fingerprint density at radius 1 is 1.27 bits per heavy atom. The molecule has 1 saturated carbocycles. The molecule has 2 heterocycles. The molecule has 4 rings (SSSR count). The van der Waals surface area contributed by atoms with Gasteiger partial charge in [-0.15, -0.1) is 0 Å². The van der Waals surface area contributed by atoms with E-state index in [-0.39, 0.29) is 11.9 Å². The van der Waals surface area contributed by atoms with Gasteiger partial charge in [0.05, 0.1) is 11.7 Å². The van der Waals surface area contributed by atoms with Crippen LogP contribution in [0.1, 0.15) is 49.9 Å². The summed E-state index contributed by atoms with van der Waals surface area (Å²) in [5.74, 6) is 1.25. The van der Waals surface area contributed by atoms with E-state index in [1.807, 2.05) is 48.4 Å². The van der Waals surface area contributed by atoms with Crippen molar-refractivity contribution in [2.24, 2.45) is 10.7 Å². The molecule has 1 fully saturated rings. The van der Waals surface area contributed by atoms with Gasteiger partial charge in [-0.05, 0) is 57.7 Å². The molecule has 6 heteroatoms. The zero-order valence-corrected chi connectivity index (χ0v) is 17.8. The Morgan fingerprint density at radius 2 is 2.07 bits per heavy atom.